The highest BCUT2D eigenvalue weighted by Gasteiger charge is 2.19. The molecule has 1 atom stereocenters. The van der Waals surface area contributed by atoms with Crippen molar-refractivity contribution in [1.82, 2.24) is 29.4 Å². The molecule has 2 aromatic heterocycles. The highest BCUT2D eigenvalue weighted by molar-refractivity contribution is 5.79. The fourth-order valence-corrected chi connectivity index (χ4v) is 1.75. The summed E-state index contributed by atoms with van der Waals surface area (Å²) in [7, 11) is 3.62. The predicted molar refractivity (Wildman–Crippen MR) is 64.4 cm³/mol. The molecule has 2 heterocycles. The Morgan fingerprint density at radius 3 is 2.83 bits per heavy atom. The highest BCUT2D eigenvalue weighted by atomic mass is 16.2. The fourth-order valence-electron chi connectivity index (χ4n) is 1.75. The summed E-state index contributed by atoms with van der Waals surface area (Å²) in [5.41, 5.74) is 0.999. The summed E-state index contributed by atoms with van der Waals surface area (Å²) in [6.07, 6.45) is 6.61. The fraction of sp³-hybridized carbons (Fsp3) is 0.455. The van der Waals surface area contributed by atoms with Gasteiger partial charge in [-0.1, -0.05) is 0 Å². The third kappa shape index (κ3) is 2.55. The minimum Gasteiger partial charge on any atom is -0.339 e. The maximum absolute atomic E-state index is 12.2. The van der Waals surface area contributed by atoms with Crippen molar-refractivity contribution in [3.05, 3.63) is 30.6 Å². The van der Waals surface area contributed by atoms with Crippen LogP contribution >= 0.6 is 0 Å². The van der Waals surface area contributed by atoms with Gasteiger partial charge in [-0.2, -0.15) is 10.2 Å². The zero-order valence-electron chi connectivity index (χ0n) is 10.7. The van der Waals surface area contributed by atoms with Crippen molar-refractivity contribution < 1.29 is 4.79 Å². The summed E-state index contributed by atoms with van der Waals surface area (Å²) in [5.74, 6) is -0.00986. The molecule has 0 radical (unpaired) electrons. The van der Waals surface area contributed by atoms with Crippen molar-refractivity contribution in [2.75, 3.05) is 7.05 Å². The van der Waals surface area contributed by atoms with Gasteiger partial charge in [-0.15, -0.1) is 0 Å². The minimum absolute atomic E-state index is 0.00986. The number of aryl methyl sites for hydroxylation is 1. The van der Waals surface area contributed by atoms with E-state index < -0.39 is 0 Å². The molecule has 7 heteroatoms. The SMILES string of the molecule is CC(C(=O)N(C)Cc1cnn(C)c1)n1cncn1. The van der Waals surface area contributed by atoms with Crippen molar-refractivity contribution in [1.29, 1.82) is 0 Å². The first kappa shape index (κ1) is 12.3. The Bertz CT molecular complexity index is 517. The summed E-state index contributed by atoms with van der Waals surface area (Å²) in [5, 5.41) is 8.05. The number of nitrogens with zero attached hydrogens (tertiary/aromatic N) is 6. The molecule has 0 aromatic carbocycles. The largest absolute Gasteiger partial charge is 0.339 e. The van der Waals surface area contributed by atoms with Crippen molar-refractivity contribution >= 4 is 5.91 Å². The summed E-state index contributed by atoms with van der Waals surface area (Å²) < 4.78 is 3.26. The molecular formula is C11H16N6O. The van der Waals surface area contributed by atoms with Gasteiger partial charge in [-0.25, -0.2) is 9.67 Å². The van der Waals surface area contributed by atoms with Crippen molar-refractivity contribution in [2.45, 2.75) is 19.5 Å². The van der Waals surface area contributed by atoms with Crippen LogP contribution in [0.25, 0.3) is 0 Å². The van der Waals surface area contributed by atoms with Crippen LogP contribution < -0.4 is 0 Å². The van der Waals surface area contributed by atoms with Crippen LogP contribution in [-0.2, 0) is 18.4 Å². The molecule has 18 heavy (non-hydrogen) atoms. The Kier molecular flexibility index (Phi) is 3.40. The summed E-state index contributed by atoms with van der Waals surface area (Å²) in [6, 6.07) is -0.353. The molecule has 0 aliphatic heterocycles. The molecular weight excluding hydrogens is 232 g/mol. The number of hydrogen-bond donors (Lipinski definition) is 0. The molecule has 0 N–H and O–H groups in total. The maximum Gasteiger partial charge on any atom is 0.247 e. The Balaban J connectivity index is 2.00. The third-order valence-electron chi connectivity index (χ3n) is 2.75. The lowest BCUT2D eigenvalue weighted by molar-refractivity contribution is -0.133. The van der Waals surface area contributed by atoms with Crippen LogP contribution in [0.4, 0.5) is 0 Å². The van der Waals surface area contributed by atoms with Crippen LogP contribution in [-0.4, -0.2) is 42.4 Å². The van der Waals surface area contributed by atoms with E-state index >= 15 is 0 Å². The molecule has 1 unspecified atom stereocenters. The smallest absolute Gasteiger partial charge is 0.247 e. The standard InChI is InChI=1S/C11H16N6O/c1-9(17-8-12-7-14-17)11(18)15(2)5-10-4-13-16(3)6-10/h4,6-9H,5H2,1-3H3. The van der Waals surface area contributed by atoms with Crippen LogP contribution in [0.15, 0.2) is 25.0 Å². The van der Waals surface area contributed by atoms with Gasteiger partial charge in [0.25, 0.3) is 0 Å². The van der Waals surface area contributed by atoms with Crippen LogP contribution in [0.1, 0.15) is 18.5 Å². The van der Waals surface area contributed by atoms with E-state index in [9.17, 15) is 4.79 Å². The summed E-state index contributed by atoms with van der Waals surface area (Å²) >= 11 is 0. The third-order valence-corrected chi connectivity index (χ3v) is 2.75. The summed E-state index contributed by atoms with van der Waals surface area (Å²) in [4.78, 5) is 17.7. The second-order valence-electron chi connectivity index (χ2n) is 4.27. The van der Waals surface area contributed by atoms with Gasteiger partial charge in [-0.3, -0.25) is 9.48 Å². The van der Waals surface area contributed by atoms with Crippen LogP contribution in [0.3, 0.4) is 0 Å². The van der Waals surface area contributed by atoms with Crippen molar-refractivity contribution in [2.24, 2.45) is 7.05 Å². The van der Waals surface area contributed by atoms with Crippen molar-refractivity contribution in [3.8, 4) is 0 Å². The van der Waals surface area contributed by atoms with Crippen LogP contribution in [0, 0.1) is 0 Å². The van der Waals surface area contributed by atoms with Gasteiger partial charge < -0.3 is 4.90 Å². The first-order chi connectivity index (χ1) is 8.58. The number of aromatic nitrogens is 5. The first-order valence-electron chi connectivity index (χ1n) is 5.64. The minimum atomic E-state index is -0.353. The highest BCUT2D eigenvalue weighted by Crippen LogP contribution is 2.09. The van der Waals surface area contributed by atoms with E-state index in [4.69, 9.17) is 0 Å². The van der Waals surface area contributed by atoms with E-state index in [0.717, 1.165) is 5.56 Å². The zero-order chi connectivity index (χ0) is 13.1. The average Bonchev–Trinajstić information content (AvgIpc) is 2.98. The Labute approximate surface area is 105 Å². The molecule has 0 aliphatic carbocycles. The molecule has 0 bridgehead atoms. The van der Waals surface area contributed by atoms with E-state index in [1.54, 1.807) is 40.8 Å². The molecule has 0 saturated heterocycles. The lowest BCUT2D eigenvalue weighted by atomic mass is 10.2. The number of likely N-dealkylation sites (N-methyl/N-ethyl adjacent to an activating group) is 1. The first-order valence-corrected chi connectivity index (χ1v) is 5.64. The number of hydrogen-bond acceptors (Lipinski definition) is 4. The molecule has 2 aromatic rings. The lowest BCUT2D eigenvalue weighted by Gasteiger charge is -2.20. The lowest BCUT2D eigenvalue weighted by Crippen LogP contribution is -2.32. The van der Waals surface area contributed by atoms with E-state index in [1.165, 1.54) is 6.33 Å². The average molecular weight is 248 g/mol. The van der Waals surface area contributed by atoms with Crippen LogP contribution in [0.2, 0.25) is 0 Å². The normalized spacial score (nSPS) is 12.4. The predicted octanol–water partition coefficient (Wildman–Crippen LogP) is 0.231. The van der Waals surface area contributed by atoms with E-state index in [1.807, 2.05) is 13.2 Å². The van der Waals surface area contributed by atoms with E-state index in [0.29, 0.717) is 6.54 Å². The zero-order valence-corrected chi connectivity index (χ0v) is 10.7. The Hall–Kier alpha value is -2.18. The van der Waals surface area contributed by atoms with Gasteiger partial charge in [0.1, 0.15) is 18.7 Å². The molecule has 7 nitrogen and oxygen atoms in total. The number of carbonyl (C=O) groups excluding carboxylic acids is 1. The van der Waals surface area contributed by atoms with Gasteiger partial charge >= 0.3 is 0 Å². The topological polar surface area (TPSA) is 68.8 Å². The van der Waals surface area contributed by atoms with Gasteiger partial charge in [0.15, 0.2) is 0 Å². The second kappa shape index (κ2) is 4.99. The summed E-state index contributed by atoms with van der Waals surface area (Å²) in [6.45, 7) is 2.34. The van der Waals surface area contributed by atoms with Gasteiger partial charge in [0, 0.05) is 32.4 Å². The monoisotopic (exact) mass is 248 g/mol. The molecule has 0 spiro atoms. The van der Waals surface area contributed by atoms with E-state index in [-0.39, 0.29) is 11.9 Å². The van der Waals surface area contributed by atoms with Gasteiger partial charge in [0.2, 0.25) is 5.91 Å². The number of carbonyl (C=O) groups is 1. The van der Waals surface area contributed by atoms with Crippen molar-refractivity contribution in [3.63, 3.8) is 0 Å². The quantitative estimate of drug-likeness (QED) is 0.776. The van der Waals surface area contributed by atoms with Crippen LogP contribution in [0.5, 0.6) is 0 Å². The molecule has 96 valence electrons. The molecule has 2 rings (SSSR count). The Morgan fingerprint density at radius 2 is 2.28 bits per heavy atom. The molecule has 1 amide bonds. The second-order valence-corrected chi connectivity index (χ2v) is 4.27. The van der Waals surface area contributed by atoms with E-state index in [2.05, 4.69) is 15.2 Å². The Morgan fingerprint density at radius 1 is 1.50 bits per heavy atom. The maximum atomic E-state index is 12.2. The number of amides is 1. The van der Waals surface area contributed by atoms with Gasteiger partial charge in [0.05, 0.1) is 6.20 Å². The number of rotatable bonds is 4. The van der Waals surface area contributed by atoms with Gasteiger partial charge in [-0.05, 0) is 6.92 Å². The molecule has 0 saturated carbocycles. The molecule has 0 fully saturated rings. The molecule has 0 aliphatic rings.